The molecule has 0 aliphatic heterocycles. The zero-order chi connectivity index (χ0) is 16.1. The van der Waals surface area contributed by atoms with E-state index in [9.17, 15) is 0 Å². The third kappa shape index (κ3) is 3.76. The van der Waals surface area contributed by atoms with Crippen LogP contribution in [0.5, 0.6) is 5.75 Å². The summed E-state index contributed by atoms with van der Waals surface area (Å²) in [6, 6.07) is 11.8. The van der Waals surface area contributed by atoms with E-state index >= 15 is 0 Å². The monoisotopic (exact) mass is 329 g/mol. The lowest BCUT2D eigenvalue weighted by molar-refractivity contribution is 0.318. The lowest BCUT2D eigenvalue weighted by Gasteiger charge is -2.06. The molecule has 120 valence electrons. The fraction of sp³-hybridized carbons (Fsp3) is 0.294. The van der Waals surface area contributed by atoms with Crippen molar-refractivity contribution >= 4 is 11.8 Å². The average molecular weight is 329 g/mol. The van der Waals surface area contributed by atoms with Crippen molar-refractivity contribution < 1.29 is 9.15 Å². The highest BCUT2D eigenvalue weighted by atomic mass is 32.2. The molecule has 0 bridgehead atoms. The van der Waals surface area contributed by atoms with Crippen molar-refractivity contribution in [2.45, 2.75) is 18.5 Å². The molecule has 0 fully saturated rings. The molecule has 23 heavy (non-hydrogen) atoms. The SMILES string of the molecule is Cc1occc1-c1nnc(SCCCOc2ccccc2)n1C. The van der Waals surface area contributed by atoms with Crippen molar-refractivity contribution in [1.29, 1.82) is 0 Å². The summed E-state index contributed by atoms with van der Waals surface area (Å²) in [7, 11) is 1.98. The number of para-hydroxylation sites is 1. The van der Waals surface area contributed by atoms with E-state index in [4.69, 9.17) is 9.15 Å². The Hall–Kier alpha value is -2.21. The summed E-state index contributed by atoms with van der Waals surface area (Å²) in [5.74, 6) is 3.53. The van der Waals surface area contributed by atoms with Crippen LogP contribution in [-0.4, -0.2) is 27.1 Å². The van der Waals surface area contributed by atoms with Gasteiger partial charge in [0.25, 0.3) is 0 Å². The van der Waals surface area contributed by atoms with Gasteiger partial charge in [0, 0.05) is 12.8 Å². The molecule has 0 atom stereocenters. The Labute approximate surface area is 139 Å². The number of hydrogen-bond acceptors (Lipinski definition) is 5. The maximum Gasteiger partial charge on any atom is 0.191 e. The first-order valence-electron chi connectivity index (χ1n) is 7.50. The second-order valence-corrected chi connectivity index (χ2v) is 6.18. The molecule has 0 aliphatic rings. The van der Waals surface area contributed by atoms with Crippen LogP contribution in [0, 0.1) is 6.92 Å². The number of aryl methyl sites for hydroxylation is 1. The third-order valence-electron chi connectivity index (χ3n) is 3.47. The van der Waals surface area contributed by atoms with E-state index in [0.29, 0.717) is 6.61 Å². The zero-order valence-electron chi connectivity index (χ0n) is 13.2. The molecule has 0 saturated carbocycles. The highest BCUT2D eigenvalue weighted by molar-refractivity contribution is 7.99. The molecular formula is C17H19N3O2S. The summed E-state index contributed by atoms with van der Waals surface area (Å²) < 4.78 is 13.0. The predicted octanol–water partition coefficient (Wildman–Crippen LogP) is 3.94. The number of rotatable bonds is 7. The lowest BCUT2D eigenvalue weighted by Crippen LogP contribution is -2.00. The number of nitrogens with zero attached hydrogens (tertiary/aromatic N) is 3. The fourth-order valence-corrected chi connectivity index (χ4v) is 3.04. The minimum Gasteiger partial charge on any atom is -0.494 e. The Morgan fingerprint density at radius 2 is 2.00 bits per heavy atom. The van der Waals surface area contributed by atoms with E-state index in [0.717, 1.165) is 40.2 Å². The summed E-state index contributed by atoms with van der Waals surface area (Å²) in [4.78, 5) is 0. The van der Waals surface area contributed by atoms with Crippen molar-refractivity contribution in [3.05, 3.63) is 48.4 Å². The Kier molecular flexibility index (Phi) is 5.02. The number of thioether (sulfide) groups is 1. The molecule has 0 aliphatic carbocycles. The Bertz CT molecular complexity index is 752. The van der Waals surface area contributed by atoms with Crippen molar-refractivity contribution in [3.63, 3.8) is 0 Å². The molecule has 0 spiro atoms. The van der Waals surface area contributed by atoms with Crippen molar-refractivity contribution in [2.75, 3.05) is 12.4 Å². The normalized spacial score (nSPS) is 10.9. The smallest absolute Gasteiger partial charge is 0.191 e. The van der Waals surface area contributed by atoms with Crippen LogP contribution in [-0.2, 0) is 7.05 Å². The second-order valence-electron chi connectivity index (χ2n) is 5.12. The summed E-state index contributed by atoms with van der Waals surface area (Å²) >= 11 is 1.68. The first kappa shape index (κ1) is 15.7. The van der Waals surface area contributed by atoms with Crippen LogP contribution in [0.3, 0.4) is 0 Å². The Balaban J connectivity index is 1.50. The zero-order valence-corrected chi connectivity index (χ0v) is 14.0. The molecule has 0 saturated heterocycles. The quantitative estimate of drug-likeness (QED) is 0.485. The Morgan fingerprint density at radius 1 is 1.17 bits per heavy atom. The van der Waals surface area contributed by atoms with E-state index < -0.39 is 0 Å². The topological polar surface area (TPSA) is 53.1 Å². The first-order chi connectivity index (χ1) is 11.3. The third-order valence-corrected chi connectivity index (χ3v) is 4.57. The van der Waals surface area contributed by atoms with Gasteiger partial charge in [0.15, 0.2) is 11.0 Å². The molecule has 3 aromatic rings. The van der Waals surface area contributed by atoms with Gasteiger partial charge in [0.05, 0.1) is 18.4 Å². The van der Waals surface area contributed by atoms with Crippen LogP contribution < -0.4 is 4.74 Å². The van der Waals surface area contributed by atoms with E-state index in [1.807, 2.05) is 54.9 Å². The number of aromatic nitrogens is 3. The van der Waals surface area contributed by atoms with Crippen LogP contribution in [0.4, 0.5) is 0 Å². The number of furan rings is 1. The molecule has 3 rings (SSSR count). The van der Waals surface area contributed by atoms with Gasteiger partial charge >= 0.3 is 0 Å². The average Bonchev–Trinajstić information content (AvgIpc) is 3.14. The number of benzene rings is 1. The van der Waals surface area contributed by atoms with Crippen LogP contribution in [0.25, 0.3) is 11.4 Å². The molecule has 6 heteroatoms. The first-order valence-corrected chi connectivity index (χ1v) is 8.49. The van der Waals surface area contributed by atoms with Gasteiger partial charge in [-0.1, -0.05) is 30.0 Å². The highest BCUT2D eigenvalue weighted by Crippen LogP contribution is 2.26. The summed E-state index contributed by atoms with van der Waals surface area (Å²) in [5, 5.41) is 9.43. The predicted molar refractivity (Wildman–Crippen MR) is 90.7 cm³/mol. The molecule has 1 aromatic carbocycles. The van der Waals surface area contributed by atoms with Crippen LogP contribution in [0.2, 0.25) is 0 Å². The second kappa shape index (κ2) is 7.37. The van der Waals surface area contributed by atoms with Gasteiger partial charge in [-0.25, -0.2) is 0 Å². The van der Waals surface area contributed by atoms with E-state index in [1.54, 1.807) is 18.0 Å². The van der Waals surface area contributed by atoms with Crippen LogP contribution >= 0.6 is 11.8 Å². The van der Waals surface area contributed by atoms with Gasteiger partial charge in [0.1, 0.15) is 11.5 Å². The highest BCUT2D eigenvalue weighted by Gasteiger charge is 2.14. The van der Waals surface area contributed by atoms with E-state index in [2.05, 4.69) is 10.2 Å². The van der Waals surface area contributed by atoms with Gasteiger partial charge in [-0.15, -0.1) is 10.2 Å². The fourth-order valence-electron chi connectivity index (χ4n) is 2.22. The van der Waals surface area contributed by atoms with Gasteiger partial charge in [-0.2, -0.15) is 0 Å². The lowest BCUT2D eigenvalue weighted by atomic mass is 10.2. The molecule has 5 nitrogen and oxygen atoms in total. The van der Waals surface area contributed by atoms with Crippen LogP contribution in [0.15, 0.2) is 52.2 Å². The Morgan fingerprint density at radius 3 is 2.74 bits per heavy atom. The molecule has 0 radical (unpaired) electrons. The minimum atomic E-state index is 0.697. The molecule has 0 amide bonds. The van der Waals surface area contributed by atoms with Crippen molar-refractivity contribution in [2.24, 2.45) is 7.05 Å². The van der Waals surface area contributed by atoms with Crippen molar-refractivity contribution in [1.82, 2.24) is 14.8 Å². The summed E-state index contributed by atoms with van der Waals surface area (Å²) in [6.45, 7) is 2.63. The molecule has 2 heterocycles. The largest absolute Gasteiger partial charge is 0.494 e. The van der Waals surface area contributed by atoms with E-state index in [1.165, 1.54) is 0 Å². The van der Waals surface area contributed by atoms with Gasteiger partial charge < -0.3 is 13.7 Å². The van der Waals surface area contributed by atoms with Crippen molar-refractivity contribution in [3.8, 4) is 17.1 Å². The molecular weight excluding hydrogens is 310 g/mol. The molecule has 0 unspecified atom stereocenters. The summed E-state index contributed by atoms with van der Waals surface area (Å²) in [5.41, 5.74) is 0.985. The van der Waals surface area contributed by atoms with Gasteiger partial charge in [-0.3, -0.25) is 0 Å². The van der Waals surface area contributed by atoms with Gasteiger partial charge in [0.2, 0.25) is 0 Å². The number of ether oxygens (including phenoxy) is 1. The van der Waals surface area contributed by atoms with Gasteiger partial charge in [-0.05, 0) is 31.5 Å². The molecule has 2 aromatic heterocycles. The van der Waals surface area contributed by atoms with E-state index in [-0.39, 0.29) is 0 Å². The molecule has 0 N–H and O–H groups in total. The maximum absolute atomic E-state index is 5.69. The van der Waals surface area contributed by atoms with Crippen LogP contribution in [0.1, 0.15) is 12.2 Å². The standard InChI is InChI=1S/C17H19N3O2S/c1-13-15(9-11-21-13)16-18-19-17(20(16)2)23-12-6-10-22-14-7-4-3-5-8-14/h3-5,7-9,11H,6,10,12H2,1-2H3. The maximum atomic E-state index is 5.69. The summed E-state index contributed by atoms with van der Waals surface area (Å²) in [6.07, 6.45) is 2.62. The minimum absolute atomic E-state index is 0.697. The number of hydrogen-bond donors (Lipinski definition) is 0.